The van der Waals surface area contributed by atoms with E-state index < -0.39 is 0 Å². The summed E-state index contributed by atoms with van der Waals surface area (Å²) in [4.78, 5) is 11.0. The average Bonchev–Trinajstić information content (AvgIpc) is 3.73. The summed E-state index contributed by atoms with van der Waals surface area (Å²) in [5, 5.41) is 8.23. The molecule has 4 heteroatoms. The predicted octanol–water partition coefficient (Wildman–Crippen LogP) is 12.3. The first-order valence-corrected chi connectivity index (χ1v) is 17.7. The highest BCUT2D eigenvalue weighted by atomic mass is 15.2. The summed E-state index contributed by atoms with van der Waals surface area (Å²) in [5.41, 5.74) is 10.7. The van der Waals surface area contributed by atoms with E-state index in [4.69, 9.17) is 9.97 Å². The van der Waals surface area contributed by atoms with Crippen LogP contribution in [0.5, 0.6) is 0 Å². The second-order valence-corrected chi connectivity index (χ2v) is 13.4. The van der Waals surface area contributed by atoms with Crippen LogP contribution in [0, 0.1) is 0 Å². The number of fused-ring (bicyclic) bond motifs is 9. The van der Waals surface area contributed by atoms with Gasteiger partial charge < -0.3 is 4.57 Å². The maximum atomic E-state index is 5.50. The molecule has 0 N–H and O–H groups in total. The Morgan fingerprint density at radius 1 is 0.365 bits per heavy atom. The van der Waals surface area contributed by atoms with Gasteiger partial charge in [0.2, 0.25) is 5.95 Å². The Kier molecular flexibility index (Phi) is 6.22. The molecule has 0 saturated heterocycles. The van der Waals surface area contributed by atoms with Crippen molar-refractivity contribution in [3.05, 3.63) is 182 Å². The van der Waals surface area contributed by atoms with Gasteiger partial charge in [0.15, 0.2) is 0 Å². The van der Waals surface area contributed by atoms with E-state index >= 15 is 0 Å². The highest BCUT2D eigenvalue weighted by Crippen LogP contribution is 2.43. The number of benzene rings is 8. The van der Waals surface area contributed by atoms with Crippen LogP contribution in [-0.2, 0) is 0 Å². The van der Waals surface area contributed by atoms with Crippen molar-refractivity contribution in [2.75, 3.05) is 0 Å². The number of aromatic nitrogens is 4. The molecule has 0 amide bonds. The molecular weight excluding hydrogens is 633 g/mol. The molecule has 0 radical (unpaired) electrons. The molecule has 0 unspecified atom stereocenters. The number of nitrogens with zero attached hydrogens (tertiary/aromatic N) is 4. The molecule has 242 valence electrons. The van der Waals surface area contributed by atoms with Gasteiger partial charge in [-0.05, 0) is 58.8 Å². The van der Waals surface area contributed by atoms with Gasteiger partial charge in [0, 0.05) is 43.7 Å². The van der Waals surface area contributed by atoms with Gasteiger partial charge in [-0.2, -0.15) is 0 Å². The molecule has 0 aliphatic rings. The molecule has 0 atom stereocenters. The lowest BCUT2D eigenvalue weighted by Gasteiger charge is -2.14. The third kappa shape index (κ3) is 4.21. The van der Waals surface area contributed by atoms with Crippen molar-refractivity contribution >= 4 is 65.3 Å². The van der Waals surface area contributed by atoms with E-state index in [9.17, 15) is 0 Å². The van der Waals surface area contributed by atoms with Gasteiger partial charge in [-0.1, -0.05) is 140 Å². The molecule has 0 fully saturated rings. The highest BCUT2D eigenvalue weighted by Gasteiger charge is 2.23. The van der Waals surface area contributed by atoms with Crippen molar-refractivity contribution in [1.82, 2.24) is 19.1 Å². The van der Waals surface area contributed by atoms with Gasteiger partial charge in [-0.25, -0.2) is 9.97 Å². The van der Waals surface area contributed by atoms with E-state index in [0.29, 0.717) is 5.95 Å². The van der Waals surface area contributed by atoms with Crippen LogP contribution in [0.25, 0.3) is 99.3 Å². The van der Waals surface area contributed by atoms with Gasteiger partial charge in [0.05, 0.1) is 33.3 Å². The Hall–Kier alpha value is -7.04. The quantitative estimate of drug-likeness (QED) is 0.188. The van der Waals surface area contributed by atoms with Crippen molar-refractivity contribution in [1.29, 1.82) is 0 Å². The first kappa shape index (κ1) is 28.8. The Labute approximate surface area is 299 Å². The van der Waals surface area contributed by atoms with Crippen LogP contribution in [-0.4, -0.2) is 19.1 Å². The number of hydrogen-bond donors (Lipinski definition) is 0. The lowest BCUT2D eigenvalue weighted by atomic mass is 9.98. The van der Waals surface area contributed by atoms with E-state index in [1.54, 1.807) is 0 Å². The number of para-hydroxylation sites is 4. The van der Waals surface area contributed by atoms with E-state index in [1.165, 1.54) is 43.4 Å². The molecule has 52 heavy (non-hydrogen) atoms. The molecular formula is C48H30N4. The van der Waals surface area contributed by atoms with Crippen LogP contribution < -0.4 is 0 Å². The second kappa shape index (κ2) is 11.2. The zero-order valence-electron chi connectivity index (χ0n) is 28.1. The minimum absolute atomic E-state index is 0.649. The lowest BCUT2D eigenvalue weighted by Crippen LogP contribution is -2.04. The second-order valence-electron chi connectivity index (χ2n) is 13.4. The zero-order chi connectivity index (χ0) is 34.2. The fourth-order valence-corrected chi connectivity index (χ4v) is 8.24. The molecule has 0 aliphatic heterocycles. The maximum absolute atomic E-state index is 5.50. The Morgan fingerprint density at radius 2 is 0.962 bits per heavy atom. The highest BCUT2D eigenvalue weighted by molar-refractivity contribution is 6.28. The summed E-state index contributed by atoms with van der Waals surface area (Å²) < 4.78 is 4.65. The molecule has 3 aromatic heterocycles. The number of rotatable bonds is 4. The SMILES string of the molecule is c1ccc(-c2cccc3c(-c4ccc5ccccc5c4)nc(-n4c5ccccc5c5c6c7ccccc7n(-c7ccccc7)c6ccc54)nc23)cc1. The zero-order valence-corrected chi connectivity index (χ0v) is 28.1. The maximum Gasteiger partial charge on any atom is 0.235 e. The van der Waals surface area contributed by atoms with Crippen LogP contribution in [0.1, 0.15) is 0 Å². The Bertz CT molecular complexity index is 3170. The van der Waals surface area contributed by atoms with E-state index in [-0.39, 0.29) is 0 Å². The van der Waals surface area contributed by atoms with Gasteiger partial charge in [0.25, 0.3) is 0 Å². The summed E-state index contributed by atoms with van der Waals surface area (Å²) in [7, 11) is 0. The molecule has 11 rings (SSSR count). The van der Waals surface area contributed by atoms with Gasteiger partial charge in [-0.15, -0.1) is 0 Å². The fraction of sp³-hybridized carbons (Fsp3) is 0. The topological polar surface area (TPSA) is 35.6 Å². The molecule has 0 aliphatic carbocycles. The van der Waals surface area contributed by atoms with Crippen molar-refractivity contribution < 1.29 is 0 Å². The van der Waals surface area contributed by atoms with Gasteiger partial charge in [0.1, 0.15) is 0 Å². The monoisotopic (exact) mass is 662 g/mol. The molecule has 4 nitrogen and oxygen atoms in total. The van der Waals surface area contributed by atoms with E-state index in [1.807, 2.05) is 0 Å². The Morgan fingerprint density at radius 3 is 1.71 bits per heavy atom. The molecule has 8 aromatic carbocycles. The smallest absolute Gasteiger partial charge is 0.235 e. The van der Waals surface area contributed by atoms with Gasteiger partial charge >= 0.3 is 0 Å². The van der Waals surface area contributed by atoms with Crippen LogP contribution in [0.3, 0.4) is 0 Å². The lowest BCUT2D eigenvalue weighted by molar-refractivity contribution is 1.01. The molecule has 0 bridgehead atoms. The predicted molar refractivity (Wildman–Crippen MR) is 217 cm³/mol. The number of hydrogen-bond acceptors (Lipinski definition) is 2. The van der Waals surface area contributed by atoms with Crippen molar-refractivity contribution in [3.63, 3.8) is 0 Å². The van der Waals surface area contributed by atoms with Crippen LogP contribution in [0.4, 0.5) is 0 Å². The summed E-state index contributed by atoms with van der Waals surface area (Å²) in [6.07, 6.45) is 0. The largest absolute Gasteiger partial charge is 0.309 e. The first-order chi connectivity index (χ1) is 25.8. The summed E-state index contributed by atoms with van der Waals surface area (Å²) in [5.74, 6) is 0.649. The summed E-state index contributed by atoms with van der Waals surface area (Å²) >= 11 is 0. The van der Waals surface area contributed by atoms with E-state index in [0.717, 1.165) is 50.0 Å². The molecule has 11 aromatic rings. The van der Waals surface area contributed by atoms with Crippen LogP contribution in [0.15, 0.2) is 182 Å². The van der Waals surface area contributed by atoms with Crippen molar-refractivity contribution in [2.45, 2.75) is 0 Å². The molecule has 3 heterocycles. The minimum Gasteiger partial charge on any atom is -0.309 e. The van der Waals surface area contributed by atoms with Crippen LogP contribution >= 0.6 is 0 Å². The van der Waals surface area contributed by atoms with Crippen molar-refractivity contribution in [2.24, 2.45) is 0 Å². The molecule has 0 spiro atoms. The molecule has 0 saturated carbocycles. The van der Waals surface area contributed by atoms with Gasteiger partial charge in [-0.3, -0.25) is 4.57 Å². The summed E-state index contributed by atoms with van der Waals surface area (Å²) in [6, 6.07) is 64.7. The van der Waals surface area contributed by atoms with Crippen molar-refractivity contribution in [3.8, 4) is 34.0 Å². The third-order valence-electron chi connectivity index (χ3n) is 10.5. The Balaban J connectivity index is 1.28. The van der Waals surface area contributed by atoms with E-state index in [2.05, 4.69) is 191 Å². The normalized spacial score (nSPS) is 11.8. The summed E-state index contributed by atoms with van der Waals surface area (Å²) in [6.45, 7) is 0. The minimum atomic E-state index is 0.649. The fourth-order valence-electron chi connectivity index (χ4n) is 8.24. The third-order valence-corrected chi connectivity index (χ3v) is 10.5. The standard InChI is InChI=1S/C48H30N4/c1-3-15-32(16-4-1)36-22-13-23-39-46(34-27-26-31-14-7-8-17-33(31)30-34)49-48(50-47(36)39)52-41-25-12-10-21-38(41)45-43(52)29-28-42-44(45)37-20-9-11-24-40(37)51(42)35-18-5-2-6-19-35/h1-30H. The first-order valence-electron chi connectivity index (χ1n) is 17.7. The average molecular weight is 663 g/mol. The van der Waals surface area contributed by atoms with Crippen LogP contribution in [0.2, 0.25) is 0 Å².